The third kappa shape index (κ3) is 3.67. The van der Waals surface area contributed by atoms with Crippen molar-refractivity contribution < 1.29 is 0 Å². The van der Waals surface area contributed by atoms with Crippen molar-refractivity contribution in [2.45, 2.75) is 19.9 Å². The van der Waals surface area contributed by atoms with Crippen molar-refractivity contribution in [1.82, 2.24) is 15.0 Å². The lowest BCUT2D eigenvalue weighted by molar-refractivity contribution is 0.963. The van der Waals surface area contributed by atoms with Crippen LogP contribution in [0.4, 0.5) is 11.6 Å². The highest BCUT2D eigenvalue weighted by Gasteiger charge is 1.99. The normalized spacial score (nSPS) is 10.2. The number of aromatic nitrogens is 3. The molecular weight excluding hydrogens is 234 g/mol. The molecule has 0 aliphatic rings. The number of anilines is 2. The summed E-state index contributed by atoms with van der Waals surface area (Å²) in [5.74, 6) is 1.58. The van der Waals surface area contributed by atoms with Crippen molar-refractivity contribution >= 4 is 23.0 Å². The summed E-state index contributed by atoms with van der Waals surface area (Å²) in [6, 6.07) is 0. The Balaban J connectivity index is 1.91. The van der Waals surface area contributed by atoms with Crippen molar-refractivity contribution in [2.75, 3.05) is 17.2 Å². The van der Waals surface area contributed by atoms with Crippen molar-refractivity contribution in [3.05, 3.63) is 29.0 Å². The molecule has 0 aromatic carbocycles. The first-order valence-corrected chi connectivity index (χ1v) is 6.43. The summed E-state index contributed by atoms with van der Waals surface area (Å²) in [6.07, 6.45) is 6.37. The summed E-state index contributed by atoms with van der Waals surface area (Å²) in [7, 11) is 0. The summed E-state index contributed by atoms with van der Waals surface area (Å²) in [5, 5.41) is 6.43. The van der Waals surface area contributed by atoms with Gasteiger partial charge in [-0.05, 0) is 6.42 Å². The molecule has 90 valence electrons. The number of hydrogen-bond acceptors (Lipinski definition) is 6. The van der Waals surface area contributed by atoms with E-state index >= 15 is 0 Å². The van der Waals surface area contributed by atoms with Crippen LogP contribution in [0.5, 0.6) is 0 Å². The molecule has 0 aliphatic heterocycles. The molecule has 0 unspecified atom stereocenters. The van der Waals surface area contributed by atoms with Crippen LogP contribution in [0.1, 0.15) is 18.2 Å². The Labute approximate surface area is 104 Å². The summed E-state index contributed by atoms with van der Waals surface area (Å²) in [5.41, 5.74) is 1.82. The average Bonchev–Trinajstić information content (AvgIpc) is 2.87. The van der Waals surface area contributed by atoms with Crippen LogP contribution in [0.3, 0.4) is 0 Å². The number of rotatable bonds is 6. The second kappa shape index (κ2) is 6.15. The summed E-state index contributed by atoms with van der Waals surface area (Å²) in [6.45, 7) is 3.76. The van der Waals surface area contributed by atoms with E-state index < -0.39 is 0 Å². The van der Waals surface area contributed by atoms with E-state index in [9.17, 15) is 0 Å². The number of nitrogens with zero attached hydrogens (tertiary/aromatic N) is 3. The zero-order valence-corrected chi connectivity index (χ0v) is 10.5. The SMILES string of the molecule is CCCNc1cncc(NCc2cncs2)n1. The molecule has 2 heterocycles. The van der Waals surface area contributed by atoms with E-state index in [0.29, 0.717) is 0 Å². The van der Waals surface area contributed by atoms with Crippen LogP contribution in [0.15, 0.2) is 24.1 Å². The van der Waals surface area contributed by atoms with E-state index in [1.807, 2.05) is 11.7 Å². The molecule has 2 aromatic rings. The minimum atomic E-state index is 0.733. The van der Waals surface area contributed by atoms with Gasteiger partial charge in [-0.3, -0.25) is 9.97 Å². The first-order valence-electron chi connectivity index (χ1n) is 5.55. The Bertz CT molecular complexity index is 443. The van der Waals surface area contributed by atoms with Crippen molar-refractivity contribution in [3.8, 4) is 0 Å². The Hall–Kier alpha value is -1.69. The maximum atomic E-state index is 4.41. The van der Waals surface area contributed by atoms with Gasteiger partial charge in [0.25, 0.3) is 0 Å². The summed E-state index contributed by atoms with van der Waals surface area (Å²) in [4.78, 5) is 13.7. The summed E-state index contributed by atoms with van der Waals surface area (Å²) >= 11 is 1.62. The molecule has 2 N–H and O–H groups in total. The maximum absolute atomic E-state index is 4.41. The van der Waals surface area contributed by atoms with E-state index in [-0.39, 0.29) is 0 Å². The number of nitrogens with one attached hydrogen (secondary N) is 2. The Morgan fingerprint density at radius 3 is 2.65 bits per heavy atom. The van der Waals surface area contributed by atoms with Crippen LogP contribution in [0, 0.1) is 0 Å². The molecule has 0 bridgehead atoms. The van der Waals surface area contributed by atoms with Crippen LogP contribution in [0.25, 0.3) is 0 Å². The van der Waals surface area contributed by atoms with Gasteiger partial charge in [0.15, 0.2) is 0 Å². The van der Waals surface area contributed by atoms with Crippen molar-refractivity contribution in [1.29, 1.82) is 0 Å². The largest absolute Gasteiger partial charge is 0.369 e. The second-order valence-corrected chi connectivity index (χ2v) is 4.51. The Morgan fingerprint density at radius 1 is 1.12 bits per heavy atom. The molecule has 17 heavy (non-hydrogen) atoms. The first kappa shape index (κ1) is 11.8. The lowest BCUT2D eigenvalue weighted by Crippen LogP contribution is -2.05. The topological polar surface area (TPSA) is 62.7 Å². The van der Waals surface area contributed by atoms with E-state index in [1.165, 1.54) is 4.88 Å². The standard InChI is InChI=1S/C11H15N5S/c1-2-3-14-10-6-12-7-11(16-10)15-5-9-4-13-8-17-9/h4,6-8H,2-3,5H2,1H3,(H2,14,15,16). The Kier molecular flexibility index (Phi) is 4.26. The highest BCUT2D eigenvalue weighted by atomic mass is 32.1. The van der Waals surface area contributed by atoms with Gasteiger partial charge in [0, 0.05) is 17.6 Å². The molecule has 0 saturated carbocycles. The van der Waals surface area contributed by atoms with E-state index in [0.717, 1.165) is 31.1 Å². The molecule has 6 heteroatoms. The predicted molar refractivity (Wildman–Crippen MR) is 70.3 cm³/mol. The lowest BCUT2D eigenvalue weighted by Gasteiger charge is -2.06. The fourth-order valence-electron chi connectivity index (χ4n) is 1.30. The lowest BCUT2D eigenvalue weighted by atomic mass is 10.5. The molecule has 0 aliphatic carbocycles. The molecule has 0 spiro atoms. The van der Waals surface area contributed by atoms with Gasteiger partial charge in [-0.1, -0.05) is 6.92 Å². The molecular formula is C11H15N5S. The molecule has 0 radical (unpaired) electrons. The molecule has 0 amide bonds. The third-order valence-corrected chi connectivity index (χ3v) is 2.90. The molecule has 2 rings (SSSR count). The molecule has 0 saturated heterocycles. The van der Waals surface area contributed by atoms with Crippen LogP contribution in [-0.4, -0.2) is 21.5 Å². The Morgan fingerprint density at radius 2 is 1.94 bits per heavy atom. The van der Waals surface area contributed by atoms with Crippen molar-refractivity contribution in [3.63, 3.8) is 0 Å². The van der Waals surface area contributed by atoms with Crippen molar-refractivity contribution in [2.24, 2.45) is 0 Å². The van der Waals surface area contributed by atoms with Gasteiger partial charge in [0.05, 0.1) is 24.4 Å². The first-order chi connectivity index (χ1) is 8.38. The monoisotopic (exact) mass is 249 g/mol. The fourth-order valence-corrected chi connectivity index (χ4v) is 1.83. The highest BCUT2D eigenvalue weighted by molar-refractivity contribution is 7.09. The van der Waals surface area contributed by atoms with E-state index in [4.69, 9.17) is 0 Å². The van der Waals surface area contributed by atoms with Crippen LogP contribution in [-0.2, 0) is 6.54 Å². The van der Waals surface area contributed by atoms with Crippen LogP contribution in [0.2, 0.25) is 0 Å². The predicted octanol–water partition coefficient (Wildman–Crippen LogP) is 2.37. The average molecular weight is 249 g/mol. The van der Waals surface area contributed by atoms with Gasteiger partial charge < -0.3 is 10.6 Å². The van der Waals surface area contributed by atoms with Gasteiger partial charge in [-0.15, -0.1) is 11.3 Å². The quantitative estimate of drug-likeness (QED) is 0.823. The van der Waals surface area contributed by atoms with Gasteiger partial charge in [0.2, 0.25) is 0 Å². The third-order valence-electron chi connectivity index (χ3n) is 2.12. The van der Waals surface area contributed by atoms with E-state index in [1.54, 1.807) is 23.7 Å². The van der Waals surface area contributed by atoms with Gasteiger partial charge in [0.1, 0.15) is 11.6 Å². The van der Waals surface area contributed by atoms with Gasteiger partial charge >= 0.3 is 0 Å². The van der Waals surface area contributed by atoms with Crippen LogP contribution < -0.4 is 10.6 Å². The zero-order chi connectivity index (χ0) is 11.9. The maximum Gasteiger partial charge on any atom is 0.147 e. The van der Waals surface area contributed by atoms with Gasteiger partial charge in [-0.2, -0.15) is 0 Å². The van der Waals surface area contributed by atoms with E-state index in [2.05, 4.69) is 32.5 Å². The molecule has 5 nitrogen and oxygen atoms in total. The second-order valence-electron chi connectivity index (χ2n) is 3.54. The van der Waals surface area contributed by atoms with Gasteiger partial charge in [-0.25, -0.2) is 4.98 Å². The molecule has 0 atom stereocenters. The highest BCUT2D eigenvalue weighted by Crippen LogP contribution is 2.10. The molecule has 0 fully saturated rings. The fraction of sp³-hybridized carbons (Fsp3) is 0.364. The minimum absolute atomic E-state index is 0.733. The summed E-state index contributed by atoms with van der Waals surface area (Å²) < 4.78 is 0. The number of hydrogen-bond donors (Lipinski definition) is 2. The smallest absolute Gasteiger partial charge is 0.147 e. The zero-order valence-electron chi connectivity index (χ0n) is 9.68. The number of thiazole rings is 1. The molecule has 2 aromatic heterocycles. The van der Waals surface area contributed by atoms with Crippen LogP contribution >= 0.6 is 11.3 Å². The minimum Gasteiger partial charge on any atom is -0.369 e.